The van der Waals surface area contributed by atoms with Crippen molar-refractivity contribution >= 4 is 46.1 Å². The van der Waals surface area contributed by atoms with Crippen molar-refractivity contribution in [3.05, 3.63) is 31.9 Å². The van der Waals surface area contributed by atoms with Crippen LogP contribution < -0.4 is 10.5 Å². The van der Waals surface area contributed by atoms with Crippen molar-refractivity contribution in [1.82, 2.24) is 9.47 Å². The van der Waals surface area contributed by atoms with Crippen LogP contribution in [0, 0.1) is 24.2 Å². The fourth-order valence-electron chi connectivity index (χ4n) is 4.35. The molecule has 0 bridgehead atoms. The lowest BCUT2D eigenvalue weighted by atomic mass is 10.0. The first-order chi connectivity index (χ1) is 15.3. The molecule has 172 valence electrons. The van der Waals surface area contributed by atoms with E-state index >= 15 is 0 Å². The van der Waals surface area contributed by atoms with E-state index in [2.05, 4.69) is 24.8 Å². The lowest BCUT2D eigenvalue weighted by Crippen LogP contribution is -2.35. The lowest BCUT2D eigenvalue weighted by Gasteiger charge is -2.29. The molecule has 2 aliphatic heterocycles. The number of hydrogen-bond acceptors (Lipinski definition) is 6. The van der Waals surface area contributed by atoms with Gasteiger partial charge in [-0.15, -0.1) is 0 Å². The van der Waals surface area contributed by atoms with Crippen molar-refractivity contribution in [1.29, 1.82) is 5.26 Å². The molecule has 0 spiro atoms. The number of anilines is 1. The van der Waals surface area contributed by atoms with Crippen LogP contribution in [-0.2, 0) is 11.3 Å². The number of hydrogen-bond donors (Lipinski definition) is 0. The molecule has 0 aromatic carbocycles. The van der Waals surface area contributed by atoms with Gasteiger partial charge in [0.25, 0.3) is 11.5 Å². The minimum atomic E-state index is -0.240. The molecule has 8 heteroatoms. The molecule has 2 saturated heterocycles. The molecule has 6 nitrogen and oxygen atoms in total. The summed E-state index contributed by atoms with van der Waals surface area (Å²) >= 11 is 6.79. The highest BCUT2D eigenvalue weighted by Gasteiger charge is 2.33. The smallest absolute Gasteiger partial charge is 0.270 e. The second-order valence-electron chi connectivity index (χ2n) is 8.89. The minimum absolute atomic E-state index is 0.0957. The van der Waals surface area contributed by atoms with Crippen molar-refractivity contribution < 1.29 is 4.79 Å². The van der Waals surface area contributed by atoms with Gasteiger partial charge in [-0.25, -0.2) is 0 Å². The zero-order chi connectivity index (χ0) is 23.4. The zero-order valence-electron chi connectivity index (χ0n) is 19.4. The summed E-state index contributed by atoms with van der Waals surface area (Å²) in [6.45, 7) is 10.8. The van der Waals surface area contributed by atoms with Crippen LogP contribution in [0.5, 0.6) is 0 Å². The number of carbonyl (C=O) groups is 1. The maximum Gasteiger partial charge on any atom is 0.270 e. The molecule has 0 aliphatic carbocycles. The first-order valence-electron chi connectivity index (χ1n) is 11.5. The molecule has 3 rings (SSSR count). The fourth-order valence-corrected chi connectivity index (χ4v) is 5.61. The Balaban J connectivity index is 2.22. The number of carbonyl (C=O) groups excluding carboxylic acids is 1. The van der Waals surface area contributed by atoms with Gasteiger partial charge in [0.1, 0.15) is 21.8 Å². The first-order valence-corrected chi connectivity index (χ1v) is 12.7. The van der Waals surface area contributed by atoms with Crippen molar-refractivity contribution in [3.63, 3.8) is 0 Å². The summed E-state index contributed by atoms with van der Waals surface area (Å²) in [5, 5.41) is 9.76. The molecule has 0 N–H and O–H groups in total. The van der Waals surface area contributed by atoms with E-state index in [9.17, 15) is 14.9 Å². The number of thiocarbonyl (C=S) groups is 1. The van der Waals surface area contributed by atoms with Gasteiger partial charge in [-0.3, -0.25) is 19.1 Å². The summed E-state index contributed by atoms with van der Waals surface area (Å²) in [6.07, 6.45) is 7.12. The van der Waals surface area contributed by atoms with Crippen LogP contribution in [0.2, 0.25) is 0 Å². The molecule has 0 radical (unpaired) electrons. The third-order valence-corrected chi connectivity index (χ3v) is 7.27. The Morgan fingerprint density at radius 2 is 1.84 bits per heavy atom. The number of rotatable bonds is 6. The summed E-state index contributed by atoms with van der Waals surface area (Å²) in [5.74, 6) is 1.05. The van der Waals surface area contributed by atoms with Crippen LogP contribution in [0.3, 0.4) is 0 Å². The first kappa shape index (κ1) is 24.5. The topological polar surface area (TPSA) is 69.3 Å². The van der Waals surface area contributed by atoms with Crippen LogP contribution in [-0.4, -0.2) is 39.3 Å². The van der Waals surface area contributed by atoms with E-state index in [1.54, 1.807) is 9.47 Å². The fraction of sp³-hybridized carbons (Fsp3) is 0.583. The predicted octanol–water partition coefficient (Wildman–Crippen LogP) is 4.68. The van der Waals surface area contributed by atoms with Gasteiger partial charge in [0.05, 0.1) is 4.91 Å². The number of aromatic nitrogens is 1. The van der Waals surface area contributed by atoms with E-state index in [1.165, 1.54) is 24.6 Å². The van der Waals surface area contributed by atoms with Crippen LogP contribution >= 0.6 is 24.0 Å². The highest BCUT2D eigenvalue weighted by molar-refractivity contribution is 8.26. The average Bonchev–Trinajstić information content (AvgIpc) is 2.94. The van der Waals surface area contributed by atoms with Gasteiger partial charge in [0, 0.05) is 31.7 Å². The highest BCUT2D eigenvalue weighted by atomic mass is 32.2. The Morgan fingerprint density at radius 3 is 2.41 bits per heavy atom. The number of amides is 1. The maximum absolute atomic E-state index is 13.2. The molecule has 32 heavy (non-hydrogen) atoms. The predicted molar refractivity (Wildman–Crippen MR) is 136 cm³/mol. The molecule has 1 aromatic heterocycles. The molecule has 0 saturated carbocycles. The van der Waals surface area contributed by atoms with Gasteiger partial charge in [-0.05, 0) is 43.7 Å². The van der Waals surface area contributed by atoms with E-state index in [0.717, 1.165) is 43.7 Å². The molecule has 3 heterocycles. The Bertz CT molecular complexity index is 1030. The largest absolute Gasteiger partial charge is 0.357 e. The van der Waals surface area contributed by atoms with Gasteiger partial charge in [-0.1, -0.05) is 57.6 Å². The molecule has 1 aromatic rings. The molecule has 1 amide bonds. The Labute approximate surface area is 200 Å². The van der Waals surface area contributed by atoms with Crippen molar-refractivity contribution in [2.45, 2.75) is 66.3 Å². The number of pyridine rings is 1. The van der Waals surface area contributed by atoms with Crippen LogP contribution in [0.25, 0.3) is 6.08 Å². The molecule has 0 atom stereocenters. The van der Waals surface area contributed by atoms with Crippen LogP contribution in [0.4, 0.5) is 5.82 Å². The normalized spacial score (nSPS) is 18.6. The van der Waals surface area contributed by atoms with Gasteiger partial charge >= 0.3 is 0 Å². The third kappa shape index (κ3) is 4.94. The molecule has 2 aliphatic rings. The number of nitriles is 1. The number of thioether (sulfide) groups is 1. The van der Waals surface area contributed by atoms with Crippen molar-refractivity contribution in [3.8, 4) is 6.07 Å². The Hall–Kier alpha value is -2.11. The second kappa shape index (κ2) is 10.7. The summed E-state index contributed by atoms with van der Waals surface area (Å²) < 4.78 is 2.31. The lowest BCUT2D eigenvalue weighted by molar-refractivity contribution is -0.122. The quantitative estimate of drug-likeness (QED) is 0.442. The molecule has 2 fully saturated rings. The van der Waals surface area contributed by atoms with Crippen molar-refractivity contribution in [2.75, 3.05) is 24.5 Å². The third-order valence-electron chi connectivity index (χ3n) is 5.90. The van der Waals surface area contributed by atoms with Gasteiger partial charge in [0.2, 0.25) is 0 Å². The van der Waals surface area contributed by atoms with Crippen LogP contribution in [0.15, 0.2) is 9.70 Å². The summed E-state index contributed by atoms with van der Waals surface area (Å²) in [5.41, 5.74) is 1.34. The van der Waals surface area contributed by atoms with E-state index in [-0.39, 0.29) is 17.0 Å². The van der Waals surface area contributed by atoms with E-state index in [0.29, 0.717) is 33.8 Å². The Kier molecular flexibility index (Phi) is 8.18. The average molecular weight is 473 g/mol. The minimum Gasteiger partial charge on any atom is -0.357 e. The van der Waals surface area contributed by atoms with Crippen molar-refractivity contribution in [2.24, 2.45) is 5.92 Å². The second-order valence-corrected chi connectivity index (χ2v) is 10.6. The summed E-state index contributed by atoms with van der Waals surface area (Å²) in [6, 6.07) is 2.12. The standard InChI is InChI=1S/C24H32N4O2S2/c1-5-10-27-21(26-11-8-6-7-9-12-26)18(17(4)19(14-25)22(27)29)13-20-23(30)28(15-16(2)3)24(31)32-20/h13,16H,5-12,15H2,1-4H3/b20-13-. The van der Waals surface area contributed by atoms with Gasteiger partial charge < -0.3 is 4.90 Å². The summed E-state index contributed by atoms with van der Waals surface area (Å²) in [4.78, 5) is 30.9. The summed E-state index contributed by atoms with van der Waals surface area (Å²) in [7, 11) is 0. The van der Waals surface area contributed by atoms with E-state index in [1.807, 2.05) is 19.9 Å². The SMILES string of the molecule is CCCn1c(N2CCCCCC2)c(/C=C2\SC(=S)N(CC(C)C)C2=O)c(C)c(C#N)c1=O. The zero-order valence-corrected chi connectivity index (χ0v) is 21.1. The molecular formula is C24H32N4O2S2. The molecule has 0 unspecified atom stereocenters. The highest BCUT2D eigenvalue weighted by Crippen LogP contribution is 2.36. The van der Waals surface area contributed by atoms with E-state index in [4.69, 9.17) is 12.2 Å². The van der Waals surface area contributed by atoms with Crippen LogP contribution in [0.1, 0.15) is 69.6 Å². The maximum atomic E-state index is 13.2. The number of nitrogens with zero attached hydrogens (tertiary/aromatic N) is 4. The Morgan fingerprint density at radius 1 is 1.19 bits per heavy atom. The van der Waals surface area contributed by atoms with Gasteiger partial charge in [0.15, 0.2) is 0 Å². The van der Waals surface area contributed by atoms with E-state index < -0.39 is 0 Å². The molecular weight excluding hydrogens is 440 g/mol. The van der Waals surface area contributed by atoms with Gasteiger partial charge in [-0.2, -0.15) is 5.26 Å². The monoisotopic (exact) mass is 472 g/mol.